The molecule has 0 radical (unpaired) electrons. The number of hydrogen-bond donors (Lipinski definition) is 1. The average Bonchev–Trinajstić information content (AvgIpc) is 3.67. The molecule has 1 fully saturated rings. The van der Waals surface area contributed by atoms with Gasteiger partial charge in [0.1, 0.15) is 12.6 Å². The molecule has 43 heavy (non-hydrogen) atoms. The number of ether oxygens (including phenoxy) is 3. The maximum absolute atomic E-state index is 13.3. The van der Waals surface area contributed by atoms with Crippen LogP contribution < -0.4 is 14.2 Å². The van der Waals surface area contributed by atoms with Gasteiger partial charge >= 0.3 is 12.6 Å². The van der Waals surface area contributed by atoms with Crippen molar-refractivity contribution in [2.24, 2.45) is 5.92 Å². The van der Waals surface area contributed by atoms with Crippen molar-refractivity contribution in [2.45, 2.75) is 38.5 Å². The van der Waals surface area contributed by atoms with Gasteiger partial charge in [-0.2, -0.15) is 8.78 Å². The highest BCUT2D eigenvalue weighted by Gasteiger charge is 2.26. The van der Waals surface area contributed by atoms with Gasteiger partial charge < -0.3 is 18.8 Å². The lowest BCUT2D eigenvalue weighted by atomic mass is 10.0. The molecule has 1 N–H and O–H groups in total. The van der Waals surface area contributed by atoms with Crippen molar-refractivity contribution in [3.05, 3.63) is 82.2 Å². The molecule has 1 saturated carbocycles. The van der Waals surface area contributed by atoms with Crippen LogP contribution in [0.15, 0.2) is 61.1 Å². The summed E-state index contributed by atoms with van der Waals surface area (Å²) in [5.74, 6) is -0.323. The van der Waals surface area contributed by atoms with Gasteiger partial charge in [-0.05, 0) is 60.2 Å². The first-order valence-corrected chi connectivity index (χ1v) is 15.9. The minimum absolute atomic E-state index is 0.0535. The molecule has 2 aromatic heterocycles. The largest absolute Gasteiger partial charge is 0.489 e. The van der Waals surface area contributed by atoms with Gasteiger partial charge in [0.25, 0.3) is 0 Å². The molecule has 228 valence electrons. The summed E-state index contributed by atoms with van der Waals surface area (Å²) >= 11 is 12.8. The van der Waals surface area contributed by atoms with Gasteiger partial charge in [-0.25, -0.2) is 8.42 Å². The minimum Gasteiger partial charge on any atom is -0.489 e. The predicted molar refractivity (Wildman–Crippen MR) is 158 cm³/mol. The number of nitrogens with zero attached hydrogens (tertiary/aromatic N) is 2. The van der Waals surface area contributed by atoms with Gasteiger partial charge in [0, 0.05) is 30.4 Å². The van der Waals surface area contributed by atoms with Crippen LogP contribution >= 0.6 is 23.2 Å². The fourth-order valence-electron chi connectivity index (χ4n) is 4.55. The molecular formula is C29H27Cl2F2N3O6S. The van der Waals surface area contributed by atoms with Gasteiger partial charge in [0.15, 0.2) is 11.5 Å². The Labute approximate surface area is 256 Å². The first kappa shape index (κ1) is 30.8. The molecule has 1 aliphatic carbocycles. The molecule has 0 spiro atoms. The van der Waals surface area contributed by atoms with E-state index >= 15 is 0 Å². The Bertz CT molecular complexity index is 1730. The molecular weight excluding hydrogens is 627 g/mol. The summed E-state index contributed by atoms with van der Waals surface area (Å²) in [5.41, 5.74) is 1.90. The molecule has 1 aliphatic rings. The minimum atomic E-state index is -3.52. The molecule has 0 amide bonds. The molecule has 5 rings (SSSR count). The highest BCUT2D eigenvalue weighted by Crippen LogP contribution is 2.38. The van der Waals surface area contributed by atoms with Crippen molar-refractivity contribution in [1.29, 1.82) is 0 Å². The van der Waals surface area contributed by atoms with Crippen molar-refractivity contribution in [3.63, 3.8) is 0 Å². The third kappa shape index (κ3) is 8.07. The van der Waals surface area contributed by atoms with Crippen LogP contribution in [0.1, 0.15) is 30.1 Å². The van der Waals surface area contributed by atoms with Gasteiger partial charge in [-0.15, -0.1) is 0 Å². The number of aromatic nitrogens is 2. The molecule has 0 unspecified atom stereocenters. The number of nitrogens with one attached hydrogen (secondary N) is 1. The third-order valence-corrected chi connectivity index (χ3v) is 7.99. The number of benzene rings is 2. The summed E-state index contributed by atoms with van der Waals surface area (Å²) in [6.07, 6.45) is 6.62. The van der Waals surface area contributed by atoms with Crippen molar-refractivity contribution < 1.29 is 36.2 Å². The highest BCUT2D eigenvalue weighted by atomic mass is 35.5. The van der Waals surface area contributed by atoms with Gasteiger partial charge in [-0.1, -0.05) is 35.3 Å². The Morgan fingerprint density at radius 2 is 1.86 bits per heavy atom. The first-order valence-electron chi connectivity index (χ1n) is 13.2. The quantitative estimate of drug-likeness (QED) is 0.161. The molecule has 2 aromatic carbocycles. The van der Waals surface area contributed by atoms with Gasteiger partial charge in [-0.3, -0.25) is 14.5 Å². The standard InChI is InChI=1S/C29H27Cl2F2N3O6S/c1-43(38,39)35-23-3-2-4-24-19(23)9-10-36(24)15-28(37)41-26(12-20-21(30)13-34-14-22(20)31)18-7-8-25(42-29(32)33)27(11-18)40-16-17-5-6-17/h2-4,7-11,13-14,17,26,29,35H,5-6,12,15-16H2,1H3/t26-/m0/s1. The molecule has 1 atom stereocenters. The van der Waals surface area contributed by atoms with Crippen LogP contribution in [0.4, 0.5) is 14.5 Å². The number of anilines is 1. The lowest BCUT2D eigenvalue weighted by Crippen LogP contribution is -2.19. The van der Waals surface area contributed by atoms with Crippen LogP contribution in [0.2, 0.25) is 10.0 Å². The SMILES string of the molecule is CS(=O)(=O)Nc1cccc2c1ccn2CC(=O)O[C@@H](Cc1c(Cl)cncc1Cl)c1ccc(OC(F)F)c(OCC2CC2)c1. The second-order valence-corrected chi connectivity index (χ2v) is 12.7. The van der Waals surface area contributed by atoms with Gasteiger partial charge in [0.2, 0.25) is 10.0 Å². The van der Waals surface area contributed by atoms with Gasteiger partial charge in [0.05, 0.1) is 34.1 Å². The summed E-state index contributed by atoms with van der Waals surface area (Å²) in [7, 11) is -3.52. The lowest BCUT2D eigenvalue weighted by molar-refractivity contribution is -0.150. The lowest BCUT2D eigenvalue weighted by Gasteiger charge is -2.22. The van der Waals surface area contributed by atoms with E-state index in [2.05, 4.69) is 14.4 Å². The van der Waals surface area contributed by atoms with E-state index in [0.29, 0.717) is 40.2 Å². The molecule has 0 bridgehead atoms. The van der Waals surface area contributed by atoms with Crippen molar-refractivity contribution >= 4 is 55.8 Å². The average molecular weight is 655 g/mol. The molecule has 4 aromatic rings. The number of carbonyl (C=O) groups is 1. The van der Waals surface area contributed by atoms with Crippen molar-refractivity contribution in [2.75, 3.05) is 17.6 Å². The van der Waals surface area contributed by atoms with Crippen LogP contribution in [-0.2, 0) is 32.5 Å². The van der Waals surface area contributed by atoms with Crippen LogP contribution in [0.3, 0.4) is 0 Å². The van der Waals surface area contributed by atoms with Crippen LogP contribution in [0.5, 0.6) is 11.5 Å². The Morgan fingerprint density at radius 1 is 1.12 bits per heavy atom. The van der Waals surface area contributed by atoms with E-state index in [9.17, 15) is 22.0 Å². The Morgan fingerprint density at radius 3 is 2.53 bits per heavy atom. The number of alkyl halides is 2. The number of carbonyl (C=O) groups excluding carboxylic acids is 1. The smallest absolute Gasteiger partial charge is 0.387 e. The maximum Gasteiger partial charge on any atom is 0.387 e. The fraction of sp³-hybridized carbons (Fsp3) is 0.310. The summed E-state index contributed by atoms with van der Waals surface area (Å²) in [5, 5.41) is 1.12. The topological polar surface area (TPSA) is 109 Å². The maximum atomic E-state index is 13.3. The normalized spacial score (nSPS) is 14.1. The zero-order chi connectivity index (χ0) is 30.7. The van der Waals surface area contributed by atoms with E-state index < -0.39 is 28.7 Å². The van der Waals surface area contributed by atoms with Crippen LogP contribution in [-0.4, -0.2) is 43.4 Å². The first-order chi connectivity index (χ1) is 20.5. The van der Waals surface area contributed by atoms with Crippen molar-refractivity contribution in [1.82, 2.24) is 9.55 Å². The molecule has 0 saturated heterocycles. The van der Waals surface area contributed by atoms with E-state index in [4.69, 9.17) is 32.7 Å². The van der Waals surface area contributed by atoms with E-state index in [-0.39, 0.29) is 34.5 Å². The number of rotatable bonds is 13. The molecule has 2 heterocycles. The molecule has 9 nitrogen and oxygen atoms in total. The molecule has 0 aliphatic heterocycles. The van der Waals surface area contributed by atoms with Crippen LogP contribution in [0, 0.1) is 5.92 Å². The number of fused-ring (bicyclic) bond motifs is 1. The number of hydrogen-bond acceptors (Lipinski definition) is 7. The van der Waals surface area contributed by atoms with E-state index in [0.717, 1.165) is 19.1 Å². The summed E-state index contributed by atoms with van der Waals surface area (Å²) < 4.78 is 70.3. The summed E-state index contributed by atoms with van der Waals surface area (Å²) in [6, 6.07) is 11.1. The predicted octanol–water partition coefficient (Wildman–Crippen LogP) is 6.63. The highest BCUT2D eigenvalue weighted by molar-refractivity contribution is 7.92. The zero-order valence-corrected chi connectivity index (χ0v) is 25.1. The Kier molecular flexibility index (Phi) is 9.28. The monoisotopic (exact) mass is 653 g/mol. The fourth-order valence-corrected chi connectivity index (χ4v) is 5.65. The second-order valence-electron chi connectivity index (χ2n) is 10.2. The van der Waals surface area contributed by atoms with Crippen molar-refractivity contribution in [3.8, 4) is 11.5 Å². The second kappa shape index (κ2) is 12.9. The summed E-state index contributed by atoms with van der Waals surface area (Å²) in [4.78, 5) is 17.3. The molecule has 14 heteroatoms. The number of pyridine rings is 1. The number of esters is 1. The van der Waals surface area contributed by atoms with Crippen LogP contribution in [0.25, 0.3) is 10.9 Å². The Balaban J connectivity index is 1.44. The Hall–Kier alpha value is -3.61. The summed E-state index contributed by atoms with van der Waals surface area (Å²) in [6.45, 7) is -2.92. The van der Waals surface area contributed by atoms with E-state index in [1.807, 2.05) is 0 Å². The zero-order valence-electron chi connectivity index (χ0n) is 22.8. The van der Waals surface area contributed by atoms with E-state index in [1.54, 1.807) is 35.0 Å². The van der Waals surface area contributed by atoms with E-state index in [1.165, 1.54) is 30.6 Å². The third-order valence-electron chi connectivity index (χ3n) is 6.75. The number of halogens is 4. The number of sulfonamides is 1.